The van der Waals surface area contributed by atoms with Crippen molar-refractivity contribution in [3.8, 4) is 0 Å². The molecule has 0 N–H and O–H groups in total. The molecule has 0 aromatic carbocycles. The summed E-state index contributed by atoms with van der Waals surface area (Å²) in [7, 11) is 0. The van der Waals surface area contributed by atoms with Gasteiger partial charge >= 0.3 is 17.9 Å². The molecule has 0 aromatic rings. The van der Waals surface area contributed by atoms with Gasteiger partial charge in [0.15, 0.2) is 6.10 Å². The number of carbonyl (C=O) groups excluding carboxylic acids is 3. The molecule has 0 saturated heterocycles. The zero-order chi connectivity index (χ0) is 57.8. The van der Waals surface area contributed by atoms with Gasteiger partial charge in [-0.1, -0.05) is 291 Å². The Hall–Kier alpha value is -3.67. The quantitative estimate of drug-likeness (QED) is 0.0261. The number of hydrogen-bond acceptors (Lipinski definition) is 6. The number of ether oxygens (including phenoxy) is 3. The van der Waals surface area contributed by atoms with E-state index in [2.05, 4.69) is 118 Å². The fourth-order valence-electron chi connectivity index (χ4n) is 9.67. The van der Waals surface area contributed by atoms with Crippen LogP contribution < -0.4 is 0 Å². The summed E-state index contributed by atoms with van der Waals surface area (Å²) in [6.07, 6.45) is 91.3. The second-order valence-corrected chi connectivity index (χ2v) is 22.7. The highest BCUT2D eigenvalue weighted by atomic mass is 16.6. The number of carbonyl (C=O) groups is 3. The van der Waals surface area contributed by atoms with Crippen molar-refractivity contribution in [2.24, 2.45) is 0 Å². The Morgan fingerprint density at radius 3 is 0.775 bits per heavy atom. The molecule has 6 heteroatoms. The Morgan fingerprint density at radius 1 is 0.263 bits per heavy atom. The van der Waals surface area contributed by atoms with Crippen LogP contribution in [0.15, 0.2) is 97.2 Å². The van der Waals surface area contributed by atoms with Crippen molar-refractivity contribution in [2.75, 3.05) is 13.2 Å². The monoisotopic (exact) mass is 1110 g/mol. The fraction of sp³-hybridized carbons (Fsp3) is 0.743. The molecule has 0 heterocycles. The zero-order valence-electron chi connectivity index (χ0n) is 52.8. The Labute approximate surface area is 496 Å². The SMILES string of the molecule is CC/C=C\C/C=C\C/C=C\C/C=C\C/C=C\C/C=C\CCCCCCC(=O)OCC(COC(=O)CCCCCCCCC/C=C\CCCCCCCCC)OC(=O)CCCCCCCCCCC/C=C\CCCCCCCCCC. The van der Waals surface area contributed by atoms with Crippen LogP contribution in [0.25, 0.3) is 0 Å². The summed E-state index contributed by atoms with van der Waals surface area (Å²) in [5, 5.41) is 0. The van der Waals surface area contributed by atoms with Crippen LogP contribution in [0.3, 0.4) is 0 Å². The lowest BCUT2D eigenvalue weighted by Gasteiger charge is -2.18. The van der Waals surface area contributed by atoms with Crippen molar-refractivity contribution >= 4 is 17.9 Å². The van der Waals surface area contributed by atoms with E-state index in [0.29, 0.717) is 19.3 Å². The van der Waals surface area contributed by atoms with Crippen LogP contribution in [-0.2, 0) is 28.6 Å². The highest BCUT2D eigenvalue weighted by Gasteiger charge is 2.19. The summed E-state index contributed by atoms with van der Waals surface area (Å²) in [6, 6.07) is 0. The number of esters is 3. The standard InChI is InChI=1S/C74H128O6/c1-4-7-10-13-16-19-22-25-28-31-34-36-37-39-40-43-46-49-52-55-58-61-64-67-73(76)79-70-71(69-78-72(75)66-63-60-57-54-51-48-45-42-33-30-27-24-21-18-15-12-9-6-3)80-74(77)68-65-62-59-56-53-50-47-44-41-38-35-32-29-26-23-20-17-14-11-8-5-2/h7,10,16,19,25,28,30,32-36,39-40,46,49,71H,4-6,8-9,11-15,17-18,20-24,26-27,29,31,37-38,41-45,47-48,50-70H2,1-3H3/b10-7-,19-16-,28-25-,33-30-,35-32-,36-34-,40-39-,49-46-. The summed E-state index contributed by atoms with van der Waals surface area (Å²) in [5.41, 5.74) is 0. The second kappa shape index (κ2) is 67.8. The molecule has 0 saturated carbocycles. The first-order valence-corrected chi connectivity index (χ1v) is 34.2. The molecule has 0 radical (unpaired) electrons. The van der Waals surface area contributed by atoms with Crippen molar-refractivity contribution in [1.29, 1.82) is 0 Å². The van der Waals surface area contributed by atoms with Crippen molar-refractivity contribution in [3.05, 3.63) is 97.2 Å². The third-order valence-corrected chi connectivity index (χ3v) is 14.8. The van der Waals surface area contributed by atoms with Gasteiger partial charge in [-0.25, -0.2) is 0 Å². The van der Waals surface area contributed by atoms with Crippen LogP contribution in [0.5, 0.6) is 0 Å². The van der Waals surface area contributed by atoms with E-state index in [0.717, 1.165) is 109 Å². The Bertz CT molecular complexity index is 1560. The van der Waals surface area contributed by atoms with Crippen LogP contribution >= 0.6 is 0 Å². The first-order valence-electron chi connectivity index (χ1n) is 34.2. The number of unbranched alkanes of at least 4 members (excludes halogenated alkanes) is 35. The minimum atomic E-state index is -0.794. The lowest BCUT2D eigenvalue weighted by atomic mass is 10.1. The summed E-state index contributed by atoms with van der Waals surface area (Å²) in [6.45, 7) is 6.54. The Balaban J connectivity index is 4.43. The predicted octanol–water partition coefficient (Wildman–Crippen LogP) is 23.6. The van der Waals surface area contributed by atoms with Gasteiger partial charge in [0.25, 0.3) is 0 Å². The third-order valence-electron chi connectivity index (χ3n) is 14.8. The molecule has 0 aliphatic rings. The van der Waals surface area contributed by atoms with E-state index in [1.54, 1.807) is 0 Å². The van der Waals surface area contributed by atoms with Crippen LogP contribution in [0.1, 0.15) is 335 Å². The lowest BCUT2D eigenvalue weighted by Crippen LogP contribution is -2.30. The first kappa shape index (κ1) is 76.3. The summed E-state index contributed by atoms with van der Waals surface area (Å²) >= 11 is 0. The third kappa shape index (κ3) is 65.1. The minimum absolute atomic E-state index is 0.0878. The van der Waals surface area contributed by atoms with E-state index in [9.17, 15) is 14.4 Å². The van der Waals surface area contributed by atoms with Crippen molar-refractivity contribution in [1.82, 2.24) is 0 Å². The van der Waals surface area contributed by atoms with Gasteiger partial charge in [0.2, 0.25) is 0 Å². The topological polar surface area (TPSA) is 78.9 Å². The lowest BCUT2D eigenvalue weighted by molar-refractivity contribution is -0.167. The number of allylic oxidation sites excluding steroid dienone is 16. The summed E-state index contributed by atoms with van der Waals surface area (Å²) in [4.78, 5) is 38.4. The van der Waals surface area contributed by atoms with Gasteiger partial charge in [-0.05, 0) is 122 Å². The molecule has 0 fully saturated rings. The van der Waals surface area contributed by atoms with Gasteiger partial charge in [-0.2, -0.15) is 0 Å². The van der Waals surface area contributed by atoms with E-state index in [1.165, 1.54) is 186 Å². The molecule has 0 bridgehead atoms. The minimum Gasteiger partial charge on any atom is -0.462 e. The molecule has 0 amide bonds. The second-order valence-electron chi connectivity index (χ2n) is 22.7. The zero-order valence-corrected chi connectivity index (χ0v) is 52.8. The highest BCUT2D eigenvalue weighted by molar-refractivity contribution is 5.71. The van der Waals surface area contributed by atoms with Crippen LogP contribution in [-0.4, -0.2) is 37.2 Å². The van der Waals surface area contributed by atoms with Gasteiger partial charge in [0, 0.05) is 19.3 Å². The van der Waals surface area contributed by atoms with Crippen LogP contribution in [0.2, 0.25) is 0 Å². The number of hydrogen-bond donors (Lipinski definition) is 0. The molecule has 0 aromatic heterocycles. The maximum Gasteiger partial charge on any atom is 0.306 e. The Morgan fingerprint density at radius 2 is 0.487 bits per heavy atom. The van der Waals surface area contributed by atoms with Crippen molar-refractivity contribution in [3.63, 3.8) is 0 Å². The van der Waals surface area contributed by atoms with E-state index in [-0.39, 0.29) is 31.1 Å². The average Bonchev–Trinajstić information content (AvgIpc) is 3.46. The molecule has 460 valence electrons. The molecule has 0 aliphatic carbocycles. The average molecular weight is 1110 g/mol. The normalized spacial score (nSPS) is 12.7. The maximum absolute atomic E-state index is 13.0. The maximum atomic E-state index is 13.0. The molecular weight excluding hydrogens is 985 g/mol. The van der Waals surface area contributed by atoms with Crippen molar-refractivity contribution in [2.45, 2.75) is 341 Å². The smallest absolute Gasteiger partial charge is 0.306 e. The predicted molar refractivity (Wildman–Crippen MR) is 348 cm³/mol. The van der Waals surface area contributed by atoms with E-state index < -0.39 is 6.10 Å². The van der Waals surface area contributed by atoms with Crippen LogP contribution in [0, 0.1) is 0 Å². The van der Waals surface area contributed by atoms with E-state index >= 15 is 0 Å². The summed E-state index contributed by atoms with van der Waals surface area (Å²) < 4.78 is 17.0. The molecule has 0 rings (SSSR count). The van der Waals surface area contributed by atoms with Gasteiger partial charge in [0.1, 0.15) is 13.2 Å². The number of rotatable bonds is 62. The van der Waals surface area contributed by atoms with Gasteiger partial charge in [-0.3, -0.25) is 14.4 Å². The largest absolute Gasteiger partial charge is 0.462 e. The molecule has 6 nitrogen and oxygen atoms in total. The van der Waals surface area contributed by atoms with Crippen LogP contribution in [0.4, 0.5) is 0 Å². The van der Waals surface area contributed by atoms with Gasteiger partial charge in [-0.15, -0.1) is 0 Å². The Kier molecular flexibility index (Phi) is 64.7. The molecular formula is C74H128O6. The van der Waals surface area contributed by atoms with E-state index in [1.807, 2.05) is 0 Å². The molecule has 0 aliphatic heterocycles. The van der Waals surface area contributed by atoms with Crippen molar-refractivity contribution < 1.29 is 28.6 Å². The summed E-state index contributed by atoms with van der Waals surface area (Å²) in [5.74, 6) is -0.906. The van der Waals surface area contributed by atoms with E-state index in [4.69, 9.17) is 14.2 Å². The van der Waals surface area contributed by atoms with Gasteiger partial charge < -0.3 is 14.2 Å². The molecule has 1 atom stereocenters. The van der Waals surface area contributed by atoms with Gasteiger partial charge in [0.05, 0.1) is 0 Å². The highest BCUT2D eigenvalue weighted by Crippen LogP contribution is 2.16. The fourth-order valence-corrected chi connectivity index (χ4v) is 9.67. The first-order chi connectivity index (χ1) is 39.5. The molecule has 1 unspecified atom stereocenters. The molecule has 80 heavy (non-hydrogen) atoms. The molecule has 0 spiro atoms.